The van der Waals surface area contributed by atoms with Crippen molar-refractivity contribution in [2.75, 3.05) is 24.5 Å². The molecular weight excluding hydrogens is 338 g/mol. The molecule has 2 aliphatic rings. The van der Waals surface area contributed by atoms with Crippen LogP contribution in [0.5, 0.6) is 0 Å². The van der Waals surface area contributed by atoms with E-state index in [0.717, 1.165) is 45.4 Å². The monoisotopic (exact) mass is 361 g/mol. The van der Waals surface area contributed by atoms with Crippen LogP contribution < -0.4 is 4.90 Å². The number of nitriles is 1. The van der Waals surface area contributed by atoms with E-state index >= 15 is 0 Å². The van der Waals surface area contributed by atoms with Gasteiger partial charge < -0.3 is 9.80 Å². The number of piperidine rings is 1. The lowest BCUT2D eigenvalue weighted by molar-refractivity contribution is -0.133. The van der Waals surface area contributed by atoms with Gasteiger partial charge in [-0.15, -0.1) is 0 Å². The summed E-state index contributed by atoms with van der Waals surface area (Å²) >= 11 is 0. The molecule has 6 heteroatoms. The lowest BCUT2D eigenvalue weighted by atomic mass is 9.92. The third-order valence-corrected chi connectivity index (χ3v) is 5.60. The van der Waals surface area contributed by atoms with Crippen LogP contribution in [0.2, 0.25) is 0 Å². The van der Waals surface area contributed by atoms with E-state index in [1.54, 1.807) is 12.3 Å². The zero-order valence-corrected chi connectivity index (χ0v) is 15.3. The first-order chi connectivity index (χ1) is 13.2. The lowest BCUT2D eigenvalue weighted by Gasteiger charge is -2.34. The summed E-state index contributed by atoms with van der Waals surface area (Å²) in [5.41, 5.74) is 3.04. The van der Waals surface area contributed by atoms with Gasteiger partial charge in [0.2, 0.25) is 11.9 Å². The van der Waals surface area contributed by atoms with E-state index < -0.39 is 0 Å². The number of fused-ring (bicyclic) bond motifs is 1. The Kier molecular flexibility index (Phi) is 5.01. The average molecular weight is 361 g/mol. The second-order valence-corrected chi connectivity index (χ2v) is 7.32. The molecule has 0 saturated carbocycles. The van der Waals surface area contributed by atoms with E-state index in [-0.39, 0.29) is 5.91 Å². The molecule has 0 aliphatic carbocycles. The second kappa shape index (κ2) is 7.75. The van der Waals surface area contributed by atoms with Gasteiger partial charge in [-0.3, -0.25) is 4.79 Å². The molecule has 0 unspecified atom stereocenters. The van der Waals surface area contributed by atoms with Gasteiger partial charge in [0.25, 0.3) is 0 Å². The van der Waals surface area contributed by atoms with Gasteiger partial charge in [-0.2, -0.15) is 5.26 Å². The Morgan fingerprint density at radius 3 is 2.70 bits per heavy atom. The highest BCUT2D eigenvalue weighted by Gasteiger charge is 2.26. The van der Waals surface area contributed by atoms with Crippen molar-refractivity contribution in [3.63, 3.8) is 0 Å². The number of rotatable bonds is 3. The number of carbonyl (C=O) groups excluding carboxylic acids is 1. The summed E-state index contributed by atoms with van der Waals surface area (Å²) in [4.78, 5) is 25.4. The minimum absolute atomic E-state index is 0.269. The minimum Gasteiger partial charge on any atom is -0.341 e. The Hall–Kier alpha value is -2.94. The number of benzene rings is 1. The molecule has 1 amide bonds. The Balaban J connectivity index is 1.30. The van der Waals surface area contributed by atoms with E-state index in [1.807, 2.05) is 11.0 Å². The maximum Gasteiger partial charge on any atom is 0.226 e. The summed E-state index contributed by atoms with van der Waals surface area (Å²) in [5, 5.41) is 8.99. The molecule has 1 aromatic heterocycles. The van der Waals surface area contributed by atoms with Crippen molar-refractivity contribution < 1.29 is 4.79 Å². The number of carbonyl (C=O) groups is 1. The van der Waals surface area contributed by atoms with Crippen LogP contribution in [-0.2, 0) is 17.8 Å². The second-order valence-electron chi connectivity index (χ2n) is 7.32. The van der Waals surface area contributed by atoms with E-state index in [1.165, 1.54) is 11.1 Å². The number of hydrogen-bond donors (Lipinski definition) is 0. The largest absolute Gasteiger partial charge is 0.341 e. The molecule has 0 N–H and O–H groups in total. The number of amides is 1. The van der Waals surface area contributed by atoms with Crippen molar-refractivity contribution in [1.29, 1.82) is 5.26 Å². The van der Waals surface area contributed by atoms with Crippen LogP contribution in [0.1, 0.15) is 36.1 Å². The van der Waals surface area contributed by atoms with Crippen molar-refractivity contribution in [1.82, 2.24) is 14.9 Å². The highest BCUT2D eigenvalue weighted by Crippen LogP contribution is 2.25. The number of nitrogens with zero attached hydrogens (tertiary/aromatic N) is 5. The fourth-order valence-corrected chi connectivity index (χ4v) is 3.98. The Bertz CT molecular complexity index is 867. The smallest absolute Gasteiger partial charge is 0.226 e. The first-order valence-electron chi connectivity index (χ1n) is 9.55. The van der Waals surface area contributed by atoms with Gasteiger partial charge in [-0.1, -0.05) is 24.3 Å². The van der Waals surface area contributed by atoms with Crippen LogP contribution in [0.25, 0.3) is 0 Å². The van der Waals surface area contributed by atoms with E-state index in [0.29, 0.717) is 24.0 Å². The predicted molar refractivity (Wildman–Crippen MR) is 102 cm³/mol. The highest BCUT2D eigenvalue weighted by molar-refractivity contribution is 5.76. The first-order valence-corrected chi connectivity index (χ1v) is 9.55. The van der Waals surface area contributed by atoms with E-state index in [9.17, 15) is 4.79 Å². The topological polar surface area (TPSA) is 73.1 Å². The molecule has 27 heavy (non-hydrogen) atoms. The zero-order valence-electron chi connectivity index (χ0n) is 15.3. The van der Waals surface area contributed by atoms with Gasteiger partial charge in [0, 0.05) is 38.8 Å². The summed E-state index contributed by atoms with van der Waals surface area (Å²) in [5.74, 6) is 1.29. The Labute approximate surface area is 159 Å². The molecule has 0 atom stereocenters. The fourth-order valence-electron chi connectivity index (χ4n) is 3.98. The molecule has 0 bridgehead atoms. The van der Waals surface area contributed by atoms with Crippen LogP contribution in [0.15, 0.2) is 36.5 Å². The molecule has 138 valence electrons. The van der Waals surface area contributed by atoms with Gasteiger partial charge in [-0.25, -0.2) is 9.97 Å². The normalized spacial score (nSPS) is 17.3. The van der Waals surface area contributed by atoms with Crippen molar-refractivity contribution in [3.8, 4) is 6.07 Å². The van der Waals surface area contributed by atoms with E-state index in [4.69, 9.17) is 5.26 Å². The van der Waals surface area contributed by atoms with Gasteiger partial charge in [0.05, 0.1) is 0 Å². The number of anilines is 1. The minimum atomic E-state index is 0.269. The van der Waals surface area contributed by atoms with Crippen LogP contribution >= 0.6 is 0 Å². The number of aromatic nitrogens is 2. The summed E-state index contributed by atoms with van der Waals surface area (Å²) in [6, 6.07) is 12.1. The van der Waals surface area contributed by atoms with Crippen molar-refractivity contribution in [2.24, 2.45) is 5.92 Å². The van der Waals surface area contributed by atoms with Crippen LogP contribution in [0.4, 0.5) is 5.95 Å². The van der Waals surface area contributed by atoms with Gasteiger partial charge >= 0.3 is 0 Å². The van der Waals surface area contributed by atoms with Crippen molar-refractivity contribution in [2.45, 2.75) is 32.2 Å². The SMILES string of the molecule is N#Cc1ccnc(N2CCC(CC(=O)N3CCc4ccccc4C3)CC2)n1. The molecule has 2 aromatic rings. The van der Waals surface area contributed by atoms with Crippen LogP contribution in [0, 0.1) is 17.2 Å². The molecule has 0 radical (unpaired) electrons. The summed E-state index contributed by atoms with van der Waals surface area (Å²) < 4.78 is 0. The maximum absolute atomic E-state index is 12.8. The molecule has 0 spiro atoms. The van der Waals surface area contributed by atoms with Crippen molar-refractivity contribution >= 4 is 11.9 Å². The van der Waals surface area contributed by atoms with Gasteiger partial charge in [0.1, 0.15) is 11.8 Å². The van der Waals surface area contributed by atoms with Crippen LogP contribution in [0.3, 0.4) is 0 Å². The summed E-state index contributed by atoms with van der Waals surface area (Å²) in [6.07, 6.45) is 5.11. The van der Waals surface area contributed by atoms with Gasteiger partial charge in [-0.05, 0) is 42.4 Å². The molecule has 3 heterocycles. The standard InChI is InChI=1S/C21H23N5O/c22-14-19-5-9-23-21(24-19)25-10-6-16(7-11-25)13-20(27)26-12-8-17-3-1-2-4-18(17)15-26/h1-5,9,16H,6-8,10-13,15H2. The van der Waals surface area contributed by atoms with Crippen LogP contribution in [-0.4, -0.2) is 40.4 Å². The predicted octanol–water partition coefficient (Wildman–Crippen LogP) is 2.54. The summed E-state index contributed by atoms with van der Waals surface area (Å²) in [7, 11) is 0. The fraction of sp³-hybridized carbons (Fsp3) is 0.429. The zero-order chi connectivity index (χ0) is 18.6. The van der Waals surface area contributed by atoms with Gasteiger partial charge in [0.15, 0.2) is 0 Å². The highest BCUT2D eigenvalue weighted by atomic mass is 16.2. The molecule has 6 nitrogen and oxygen atoms in total. The quantitative estimate of drug-likeness (QED) is 0.840. The maximum atomic E-state index is 12.8. The molecule has 4 rings (SSSR count). The molecule has 1 saturated heterocycles. The van der Waals surface area contributed by atoms with E-state index in [2.05, 4.69) is 39.1 Å². The Morgan fingerprint density at radius 2 is 1.93 bits per heavy atom. The molecule has 1 fully saturated rings. The van der Waals surface area contributed by atoms with Crippen molar-refractivity contribution in [3.05, 3.63) is 53.3 Å². The average Bonchev–Trinajstić information content (AvgIpc) is 2.74. The number of hydrogen-bond acceptors (Lipinski definition) is 5. The summed E-state index contributed by atoms with van der Waals surface area (Å²) in [6.45, 7) is 3.22. The molecule has 1 aromatic carbocycles. The Morgan fingerprint density at radius 1 is 1.15 bits per heavy atom. The first kappa shape index (κ1) is 17.5. The third kappa shape index (κ3) is 3.92. The lowest BCUT2D eigenvalue weighted by Crippen LogP contribution is -2.39. The molecular formula is C21H23N5O. The molecule has 2 aliphatic heterocycles. The third-order valence-electron chi connectivity index (χ3n) is 5.60.